The predicted molar refractivity (Wildman–Crippen MR) is 156 cm³/mol. The number of ether oxygens (including phenoxy) is 1. The molecule has 3 aliphatic heterocycles. The van der Waals surface area contributed by atoms with E-state index in [1.807, 2.05) is 14.0 Å². The smallest absolute Gasteiger partial charge is 0.319 e. The van der Waals surface area contributed by atoms with Gasteiger partial charge < -0.3 is 14.7 Å². The molecule has 2 fully saturated rings. The van der Waals surface area contributed by atoms with Crippen molar-refractivity contribution in [3.63, 3.8) is 0 Å². The van der Waals surface area contributed by atoms with Crippen LogP contribution < -0.4 is 9.64 Å². The third-order valence-corrected chi connectivity index (χ3v) is 9.66. The Balaban J connectivity index is 1.44. The summed E-state index contributed by atoms with van der Waals surface area (Å²) < 4.78 is 38.0. The maximum atomic E-state index is 16.8. The molecule has 0 radical (unpaired) electrons. The summed E-state index contributed by atoms with van der Waals surface area (Å²) in [4.78, 5) is 18.9. The molecule has 2 aromatic carbocycles. The number of pyridine rings is 1. The lowest BCUT2D eigenvalue weighted by molar-refractivity contribution is 0.108. The second-order valence-electron chi connectivity index (χ2n) is 12.0. The van der Waals surface area contributed by atoms with E-state index in [4.69, 9.17) is 14.7 Å². The van der Waals surface area contributed by atoms with Crippen molar-refractivity contribution >= 4 is 27.5 Å². The van der Waals surface area contributed by atoms with E-state index in [-0.39, 0.29) is 40.4 Å². The molecule has 1 atom stereocenters. The number of phenolic OH excluding ortho intramolecular Hbond substituents is 1. The third kappa shape index (κ3) is 4.11. The van der Waals surface area contributed by atoms with Crippen LogP contribution in [-0.2, 0) is 12.8 Å². The monoisotopic (exact) mass is 559 g/mol. The van der Waals surface area contributed by atoms with Crippen LogP contribution in [0.2, 0.25) is 0 Å². The molecule has 4 aromatic rings. The van der Waals surface area contributed by atoms with E-state index in [1.165, 1.54) is 12.1 Å². The first-order chi connectivity index (χ1) is 19.8. The molecule has 0 aliphatic carbocycles. The number of fused-ring (bicyclic) bond motifs is 2. The van der Waals surface area contributed by atoms with Gasteiger partial charge in [0.2, 0.25) is 0 Å². The average Bonchev–Trinajstić information content (AvgIpc) is 3.52. The summed E-state index contributed by atoms with van der Waals surface area (Å²) in [5.41, 5.74) is 1.70. The number of aromatic hydroxyl groups is 1. The molecule has 7 nitrogen and oxygen atoms in total. The van der Waals surface area contributed by atoms with Crippen molar-refractivity contribution in [2.45, 2.75) is 70.4 Å². The minimum atomic E-state index is -0.625. The number of hydrogen-bond donors (Lipinski definition) is 1. The van der Waals surface area contributed by atoms with Crippen LogP contribution in [0, 0.1) is 11.6 Å². The summed E-state index contributed by atoms with van der Waals surface area (Å²) in [6.45, 7) is 6.62. The van der Waals surface area contributed by atoms with Crippen molar-refractivity contribution in [1.29, 1.82) is 0 Å². The third-order valence-electron chi connectivity index (χ3n) is 9.66. The second kappa shape index (κ2) is 9.76. The number of phenols is 1. The fourth-order valence-corrected chi connectivity index (χ4v) is 7.32. The van der Waals surface area contributed by atoms with Gasteiger partial charge in [0.1, 0.15) is 35.2 Å². The van der Waals surface area contributed by atoms with E-state index in [0.717, 1.165) is 45.2 Å². The number of aromatic nitrogens is 3. The van der Waals surface area contributed by atoms with Crippen molar-refractivity contribution in [1.82, 2.24) is 19.9 Å². The molecule has 1 N–H and O–H groups in total. The minimum absolute atomic E-state index is 0.000152. The van der Waals surface area contributed by atoms with Gasteiger partial charge >= 0.3 is 6.01 Å². The van der Waals surface area contributed by atoms with Gasteiger partial charge in [0, 0.05) is 18.7 Å². The molecule has 3 aliphatic rings. The molecule has 0 unspecified atom stereocenters. The first kappa shape index (κ1) is 26.3. The van der Waals surface area contributed by atoms with Crippen LogP contribution >= 0.6 is 0 Å². The highest BCUT2D eigenvalue weighted by atomic mass is 19.1. The lowest BCUT2D eigenvalue weighted by Crippen LogP contribution is -2.43. The molecule has 2 saturated heterocycles. The predicted octanol–water partition coefficient (Wildman–Crippen LogP) is 6.17. The van der Waals surface area contributed by atoms with E-state index in [1.54, 1.807) is 12.1 Å². The van der Waals surface area contributed by atoms with Crippen LogP contribution in [0.25, 0.3) is 32.9 Å². The quantitative estimate of drug-likeness (QED) is 0.314. The zero-order chi connectivity index (χ0) is 28.5. The number of rotatable bonds is 5. The van der Waals surface area contributed by atoms with E-state index in [2.05, 4.69) is 21.7 Å². The largest absolute Gasteiger partial charge is 0.508 e. The first-order valence-electron chi connectivity index (χ1n) is 14.7. The zero-order valence-electron chi connectivity index (χ0n) is 23.8. The summed E-state index contributed by atoms with van der Waals surface area (Å²) in [6.07, 6.45) is 6.28. The number of halogens is 2. The standard InChI is InChI=1S/C32H35F2N5O2/c1-4-21-23(33)9-8-19-15-20(40)16-22(25(19)21)28-27(34)29-26-24(35-28)10-7-18(2)38(3)30(26)37-31(36-29)41-17-32-11-5-13-39(32)14-6-12-32/h8-9,15-16,18,40H,4-7,10-14,17H2,1-3H3/t18-/m1/s1. The summed E-state index contributed by atoms with van der Waals surface area (Å²) in [5, 5.41) is 12.4. The van der Waals surface area contributed by atoms with Crippen molar-refractivity contribution < 1.29 is 18.6 Å². The Hall–Kier alpha value is -3.59. The number of hydrogen-bond acceptors (Lipinski definition) is 7. The number of aryl methyl sites for hydroxylation is 2. The molecular weight excluding hydrogens is 524 g/mol. The minimum Gasteiger partial charge on any atom is -0.508 e. The van der Waals surface area contributed by atoms with Crippen molar-refractivity contribution in [2.24, 2.45) is 0 Å². The fourth-order valence-electron chi connectivity index (χ4n) is 7.32. The topological polar surface area (TPSA) is 74.6 Å². The van der Waals surface area contributed by atoms with E-state index < -0.39 is 5.82 Å². The zero-order valence-corrected chi connectivity index (χ0v) is 23.8. The Bertz CT molecular complexity index is 1680. The molecule has 2 aromatic heterocycles. The van der Waals surface area contributed by atoms with Gasteiger partial charge in [-0.2, -0.15) is 9.97 Å². The Morgan fingerprint density at radius 3 is 2.61 bits per heavy atom. The van der Waals surface area contributed by atoms with Gasteiger partial charge in [0.05, 0.1) is 16.6 Å². The summed E-state index contributed by atoms with van der Waals surface area (Å²) in [6, 6.07) is 6.34. The van der Waals surface area contributed by atoms with Crippen LogP contribution in [0.15, 0.2) is 24.3 Å². The van der Waals surface area contributed by atoms with Gasteiger partial charge in [-0.05, 0) is 99.5 Å². The molecule has 5 heterocycles. The Kier molecular flexibility index (Phi) is 6.26. The summed E-state index contributed by atoms with van der Waals surface area (Å²) in [7, 11) is 1.96. The van der Waals surface area contributed by atoms with Gasteiger partial charge in [-0.1, -0.05) is 13.0 Å². The van der Waals surface area contributed by atoms with Crippen molar-refractivity contribution in [3.05, 3.63) is 47.2 Å². The molecule has 0 bridgehead atoms. The molecule has 7 rings (SSSR count). The SMILES string of the molecule is CCc1c(F)ccc2cc(O)cc(-c3nc4c5c(nc(OCC67CCCN6CCC7)nc5c3F)N(C)[C@H](C)CC4)c12. The maximum Gasteiger partial charge on any atom is 0.319 e. The van der Waals surface area contributed by atoms with Gasteiger partial charge in [-0.15, -0.1) is 0 Å². The summed E-state index contributed by atoms with van der Waals surface area (Å²) >= 11 is 0. The normalized spacial score (nSPS) is 20.1. The van der Waals surface area contributed by atoms with Crippen LogP contribution in [0.1, 0.15) is 57.2 Å². The molecular formula is C32H35F2N5O2. The molecule has 0 spiro atoms. The average molecular weight is 560 g/mol. The van der Waals surface area contributed by atoms with Crippen LogP contribution in [0.3, 0.4) is 0 Å². The Morgan fingerprint density at radius 2 is 1.85 bits per heavy atom. The molecule has 41 heavy (non-hydrogen) atoms. The Labute approximate surface area is 238 Å². The molecule has 0 amide bonds. The molecule has 9 heteroatoms. The highest BCUT2D eigenvalue weighted by molar-refractivity contribution is 6.02. The highest BCUT2D eigenvalue weighted by Crippen LogP contribution is 2.42. The lowest BCUT2D eigenvalue weighted by Gasteiger charge is -2.31. The van der Waals surface area contributed by atoms with Gasteiger partial charge in [0.25, 0.3) is 0 Å². The first-order valence-corrected chi connectivity index (χ1v) is 14.7. The van der Waals surface area contributed by atoms with Crippen LogP contribution in [-0.4, -0.2) is 63.3 Å². The molecule has 0 saturated carbocycles. The van der Waals surface area contributed by atoms with E-state index in [0.29, 0.717) is 58.2 Å². The van der Waals surface area contributed by atoms with Crippen LogP contribution in [0.4, 0.5) is 14.6 Å². The van der Waals surface area contributed by atoms with E-state index in [9.17, 15) is 9.50 Å². The number of nitrogens with zero attached hydrogens (tertiary/aromatic N) is 5. The van der Waals surface area contributed by atoms with Crippen molar-refractivity contribution in [3.8, 4) is 23.0 Å². The fraction of sp³-hybridized carbons (Fsp3) is 0.469. The maximum absolute atomic E-state index is 16.8. The summed E-state index contributed by atoms with van der Waals surface area (Å²) in [5.74, 6) is -0.420. The van der Waals surface area contributed by atoms with Gasteiger partial charge in [-0.25, -0.2) is 13.8 Å². The lowest BCUT2D eigenvalue weighted by atomic mass is 9.94. The van der Waals surface area contributed by atoms with Gasteiger partial charge in [0.15, 0.2) is 5.82 Å². The second-order valence-corrected chi connectivity index (χ2v) is 12.0. The van der Waals surface area contributed by atoms with E-state index >= 15 is 4.39 Å². The highest BCUT2D eigenvalue weighted by Gasteiger charge is 2.45. The van der Waals surface area contributed by atoms with Crippen molar-refractivity contribution in [2.75, 3.05) is 31.6 Å². The van der Waals surface area contributed by atoms with Crippen LogP contribution in [0.5, 0.6) is 11.8 Å². The van der Waals surface area contributed by atoms with Gasteiger partial charge in [-0.3, -0.25) is 4.90 Å². The molecule has 214 valence electrons. The Morgan fingerprint density at radius 1 is 1.07 bits per heavy atom. The number of anilines is 1. The number of benzene rings is 2.